The Bertz CT molecular complexity index is 1220. The van der Waals surface area contributed by atoms with Crippen LogP contribution in [0.4, 0.5) is 26.1 Å². The molecule has 0 unspecified atom stereocenters. The van der Waals surface area contributed by atoms with Crippen LogP contribution in [0.1, 0.15) is 25.0 Å². The van der Waals surface area contributed by atoms with Crippen LogP contribution in [0.5, 0.6) is 11.6 Å². The highest BCUT2D eigenvalue weighted by Gasteiger charge is 2.21. The minimum atomic E-state index is -0.823. The van der Waals surface area contributed by atoms with E-state index in [1.165, 1.54) is 6.07 Å². The third kappa shape index (κ3) is 4.43. The van der Waals surface area contributed by atoms with Gasteiger partial charge in [0, 0.05) is 31.7 Å². The second-order valence-electron chi connectivity index (χ2n) is 8.51. The summed E-state index contributed by atoms with van der Waals surface area (Å²) >= 11 is 0. The number of fused-ring (bicyclic) bond motifs is 1. The lowest BCUT2D eigenvalue weighted by Crippen LogP contribution is -2.46. The average molecular weight is 465 g/mol. The summed E-state index contributed by atoms with van der Waals surface area (Å²) in [6, 6.07) is 7.00. The number of likely N-dealkylation sites (N-methyl/N-ethyl adjacent to an activating group) is 1. The number of nitrogens with zero attached hydrogens (tertiary/aromatic N) is 5. The summed E-state index contributed by atoms with van der Waals surface area (Å²) in [6.45, 7) is 9.09. The van der Waals surface area contributed by atoms with Crippen molar-refractivity contribution in [1.82, 2.24) is 19.9 Å². The van der Waals surface area contributed by atoms with Gasteiger partial charge in [0.2, 0.25) is 5.82 Å². The van der Waals surface area contributed by atoms with E-state index in [9.17, 15) is 4.39 Å². The van der Waals surface area contributed by atoms with Crippen LogP contribution in [0.3, 0.4) is 0 Å². The van der Waals surface area contributed by atoms with Gasteiger partial charge in [-0.1, -0.05) is 24.6 Å². The molecule has 7 nitrogen and oxygen atoms in total. The van der Waals surface area contributed by atoms with Gasteiger partial charge < -0.3 is 19.9 Å². The lowest BCUT2D eigenvalue weighted by atomic mass is 10.1. The van der Waals surface area contributed by atoms with E-state index >= 15 is 4.39 Å². The average Bonchev–Trinajstić information content (AvgIpc) is 3.25. The molecule has 3 aromatic rings. The van der Waals surface area contributed by atoms with Crippen molar-refractivity contribution < 1.29 is 13.5 Å². The SMILES string of the molecule is CCN1CCN(c2ccc(Nc3ncnc(Oc4ccc5c(c4F)C=C(C)C5)c3F)nc2)CC1. The van der Waals surface area contributed by atoms with E-state index in [1.54, 1.807) is 24.4 Å². The van der Waals surface area contributed by atoms with Crippen molar-refractivity contribution in [2.75, 3.05) is 42.9 Å². The van der Waals surface area contributed by atoms with Gasteiger partial charge in [0.05, 0.1) is 11.9 Å². The molecule has 34 heavy (non-hydrogen) atoms. The Hall–Kier alpha value is -3.59. The first-order valence-corrected chi connectivity index (χ1v) is 11.4. The highest BCUT2D eigenvalue weighted by atomic mass is 19.1. The highest BCUT2D eigenvalue weighted by molar-refractivity contribution is 5.66. The molecule has 2 aliphatic rings. The monoisotopic (exact) mass is 464 g/mol. The normalized spacial score (nSPS) is 15.8. The summed E-state index contributed by atoms with van der Waals surface area (Å²) in [5, 5.41) is 2.86. The van der Waals surface area contributed by atoms with Crippen LogP contribution in [0.2, 0.25) is 0 Å². The number of pyridine rings is 1. The lowest BCUT2D eigenvalue weighted by Gasteiger charge is -2.35. The number of benzene rings is 1. The number of aromatic nitrogens is 3. The number of hydrogen-bond acceptors (Lipinski definition) is 7. The van der Waals surface area contributed by atoms with Gasteiger partial charge in [0.15, 0.2) is 17.4 Å². The second kappa shape index (κ2) is 9.34. The Balaban J connectivity index is 1.30. The minimum Gasteiger partial charge on any atom is -0.433 e. The molecule has 1 saturated heterocycles. The maximum absolute atomic E-state index is 15.1. The molecular weight excluding hydrogens is 438 g/mol. The molecule has 1 fully saturated rings. The number of halogens is 2. The molecule has 1 aliphatic heterocycles. The van der Waals surface area contributed by atoms with Gasteiger partial charge in [-0.3, -0.25) is 0 Å². The number of piperazine rings is 1. The fraction of sp³-hybridized carbons (Fsp3) is 0.320. The molecule has 1 aliphatic carbocycles. The quantitative estimate of drug-likeness (QED) is 0.563. The van der Waals surface area contributed by atoms with Crippen molar-refractivity contribution in [1.29, 1.82) is 0 Å². The number of nitrogens with one attached hydrogen (secondary N) is 1. The Morgan fingerprint density at radius 1 is 1.00 bits per heavy atom. The maximum atomic E-state index is 15.1. The molecule has 1 N–H and O–H groups in total. The minimum absolute atomic E-state index is 0.0844. The first kappa shape index (κ1) is 22.2. The Labute approximate surface area is 197 Å². The molecule has 2 aromatic heterocycles. The van der Waals surface area contributed by atoms with Crippen LogP contribution in [-0.2, 0) is 6.42 Å². The molecule has 0 amide bonds. The summed E-state index contributed by atoms with van der Waals surface area (Å²) in [4.78, 5) is 16.9. The summed E-state index contributed by atoms with van der Waals surface area (Å²) < 4.78 is 35.4. The zero-order valence-electron chi connectivity index (χ0n) is 19.2. The molecule has 176 valence electrons. The molecule has 0 radical (unpaired) electrons. The Kier molecular flexibility index (Phi) is 6.10. The molecular formula is C25H26F2N6O. The zero-order chi connectivity index (χ0) is 23.7. The topological polar surface area (TPSA) is 66.4 Å². The van der Waals surface area contributed by atoms with Gasteiger partial charge in [0.25, 0.3) is 5.88 Å². The van der Waals surface area contributed by atoms with E-state index in [4.69, 9.17) is 4.74 Å². The predicted molar refractivity (Wildman–Crippen MR) is 128 cm³/mol. The molecule has 0 atom stereocenters. The summed E-state index contributed by atoms with van der Waals surface area (Å²) in [7, 11) is 0. The van der Waals surface area contributed by atoms with Crippen LogP contribution in [0, 0.1) is 11.6 Å². The van der Waals surface area contributed by atoms with E-state index in [0.717, 1.165) is 55.9 Å². The fourth-order valence-electron chi connectivity index (χ4n) is 4.31. The van der Waals surface area contributed by atoms with E-state index in [2.05, 4.69) is 37.0 Å². The number of ether oxygens (including phenoxy) is 1. The zero-order valence-corrected chi connectivity index (χ0v) is 19.2. The van der Waals surface area contributed by atoms with Gasteiger partial charge >= 0.3 is 0 Å². The van der Waals surface area contributed by atoms with Crippen molar-refractivity contribution in [3.8, 4) is 11.6 Å². The molecule has 0 bridgehead atoms. The third-order valence-electron chi connectivity index (χ3n) is 6.24. The van der Waals surface area contributed by atoms with E-state index < -0.39 is 11.6 Å². The van der Waals surface area contributed by atoms with Gasteiger partial charge in [-0.15, -0.1) is 0 Å². The maximum Gasteiger partial charge on any atom is 0.261 e. The third-order valence-corrected chi connectivity index (χ3v) is 6.24. The van der Waals surface area contributed by atoms with Gasteiger partial charge in [-0.05, 0) is 43.7 Å². The highest BCUT2D eigenvalue weighted by Crippen LogP contribution is 2.35. The number of allylic oxidation sites excluding steroid dienone is 1. The summed E-state index contributed by atoms with van der Waals surface area (Å²) in [6.07, 6.45) is 5.40. The molecule has 0 saturated carbocycles. The first-order valence-electron chi connectivity index (χ1n) is 11.4. The smallest absolute Gasteiger partial charge is 0.261 e. The van der Waals surface area contributed by atoms with Crippen LogP contribution in [-0.4, -0.2) is 52.6 Å². The van der Waals surface area contributed by atoms with Crippen molar-refractivity contribution in [2.24, 2.45) is 0 Å². The standard InChI is InChI=1S/C25H26F2N6O/c1-3-32-8-10-33(11-9-32)18-5-7-21(28-14-18)31-24-23(27)25(30-15-29-24)34-20-6-4-17-12-16(2)13-19(17)22(20)26/h4-7,13-15H,3,8-12H2,1-2H3,(H,28,29,30,31). The predicted octanol–water partition coefficient (Wildman–Crippen LogP) is 4.79. The molecule has 3 heterocycles. The molecule has 0 spiro atoms. The fourth-order valence-corrected chi connectivity index (χ4v) is 4.31. The van der Waals surface area contributed by atoms with Gasteiger partial charge in [-0.2, -0.15) is 9.37 Å². The van der Waals surface area contributed by atoms with E-state index in [1.807, 2.05) is 13.0 Å². The lowest BCUT2D eigenvalue weighted by molar-refractivity contribution is 0.271. The molecule has 1 aromatic carbocycles. The number of rotatable bonds is 6. The van der Waals surface area contributed by atoms with Crippen molar-refractivity contribution in [2.45, 2.75) is 20.3 Å². The van der Waals surface area contributed by atoms with Crippen molar-refractivity contribution in [3.63, 3.8) is 0 Å². The van der Waals surface area contributed by atoms with Gasteiger partial charge in [0.1, 0.15) is 12.1 Å². The van der Waals surface area contributed by atoms with Gasteiger partial charge in [-0.25, -0.2) is 14.4 Å². The Morgan fingerprint density at radius 3 is 2.56 bits per heavy atom. The van der Waals surface area contributed by atoms with Crippen LogP contribution >= 0.6 is 0 Å². The number of hydrogen-bond donors (Lipinski definition) is 1. The summed E-state index contributed by atoms with van der Waals surface area (Å²) in [5.41, 5.74) is 3.44. The van der Waals surface area contributed by atoms with E-state index in [-0.39, 0.29) is 17.4 Å². The molecule has 5 rings (SSSR count). The molecule has 9 heteroatoms. The van der Waals surface area contributed by atoms with Crippen LogP contribution in [0.25, 0.3) is 6.08 Å². The number of anilines is 3. The van der Waals surface area contributed by atoms with Crippen LogP contribution in [0.15, 0.2) is 42.4 Å². The summed E-state index contributed by atoms with van der Waals surface area (Å²) in [5.74, 6) is -1.46. The van der Waals surface area contributed by atoms with Crippen molar-refractivity contribution in [3.05, 3.63) is 65.1 Å². The largest absolute Gasteiger partial charge is 0.433 e. The van der Waals surface area contributed by atoms with Crippen molar-refractivity contribution >= 4 is 23.4 Å². The Morgan fingerprint density at radius 2 is 1.82 bits per heavy atom. The first-order chi connectivity index (χ1) is 16.5. The second-order valence-corrected chi connectivity index (χ2v) is 8.51. The van der Waals surface area contributed by atoms with E-state index in [0.29, 0.717) is 17.8 Å². The van der Waals surface area contributed by atoms with Crippen LogP contribution < -0.4 is 15.0 Å².